The van der Waals surface area contributed by atoms with Crippen molar-refractivity contribution in [2.75, 3.05) is 26.0 Å². The lowest BCUT2D eigenvalue weighted by Crippen LogP contribution is -2.03. The van der Waals surface area contributed by atoms with E-state index in [0.29, 0.717) is 6.04 Å². The van der Waals surface area contributed by atoms with Crippen molar-refractivity contribution >= 4 is 5.69 Å². The average molecular weight is 209 g/mol. The molecule has 82 valence electrons. The van der Waals surface area contributed by atoms with E-state index in [9.17, 15) is 4.39 Å². The molecule has 0 radical (unpaired) electrons. The van der Waals surface area contributed by atoms with E-state index in [0.717, 1.165) is 30.6 Å². The number of nitrogens with zero attached hydrogens (tertiary/aromatic N) is 2. The third-order valence-electron chi connectivity index (χ3n) is 2.99. The van der Waals surface area contributed by atoms with Crippen LogP contribution in [0.4, 0.5) is 10.1 Å². The van der Waals surface area contributed by atoms with E-state index in [2.05, 4.69) is 22.2 Å². The van der Waals surface area contributed by atoms with E-state index in [1.807, 2.05) is 0 Å². The maximum absolute atomic E-state index is 13.5. The molecule has 4 heteroatoms. The van der Waals surface area contributed by atoms with Crippen molar-refractivity contribution in [3.05, 3.63) is 23.8 Å². The summed E-state index contributed by atoms with van der Waals surface area (Å²) in [6.07, 6.45) is 4.76. The molecule has 1 aliphatic heterocycles. The summed E-state index contributed by atoms with van der Waals surface area (Å²) in [5.74, 6) is -0.204. The van der Waals surface area contributed by atoms with E-state index >= 15 is 0 Å². The van der Waals surface area contributed by atoms with Crippen LogP contribution in [0.5, 0.6) is 0 Å². The van der Waals surface area contributed by atoms with Gasteiger partial charge in [0.2, 0.25) is 0 Å². The summed E-state index contributed by atoms with van der Waals surface area (Å²) in [6.45, 7) is 1.14. The summed E-state index contributed by atoms with van der Waals surface area (Å²) in [5, 5.41) is 2.98. The predicted octanol–water partition coefficient (Wildman–Crippen LogP) is 1.51. The van der Waals surface area contributed by atoms with Gasteiger partial charge in [0.15, 0.2) is 0 Å². The minimum absolute atomic E-state index is 0.204. The molecule has 2 atom stereocenters. The van der Waals surface area contributed by atoms with Crippen LogP contribution in [-0.4, -0.2) is 36.6 Å². The average Bonchev–Trinajstić information content (AvgIpc) is 2.92. The maximum atomic E-state index is 13.5. The molecule has 0 aromatic carbocycles. The smallest absolute Gasteiger partial charge is 0.146 e. The number of pyridine rings is 1. The van der Waals surface area contributed by atoms with Gasteiger partial charge in [0.1, 0.15) is 5.82 Å². The molecule has 15 heavy (non-hydrogen) atoms. The van der Waals surface area contributed by atoms with Crippen LogP contribution in [0.1, 0.15) is 12.0 Å². The Kier molecular flexibility index (Phi) is 2.86. The number of halogens is 1. The molecule has 1 saturated heterocycles. The second-order valence-electron chi connectivity index (χ2n) is 4.03. The van der Waals surface area contributed by atoms with E-state index in [4.69, 9.17) is 0 Å². The first-order valence-electron chi connectivity index (χ1n) is 5.22. The minimum atomic E-state index is -0.204. The molecule has 1 N–H and O–H groups in total. The molecule has 2 unspecified atom stereocenters. The van der Waals surface area contributed by atoms with Crippen molar-refractivity contribution in [3.8, 4) is 0 Å². The van der Waals surface area contributed by atoms with E-state index in [1.165, 1.54) is 6.20 Å². The van der Waals surface area contributed by atoms with Gasteiger partial charge in [0.25, 0.3) is 0 Å². The summed E-state index contributed by atoms with van der Waals surface area (Å²) in [4.78, 5) is 6.09. The molecule has 0 amide bonds. The molecule has 2 rings (SSSR count). The third-order valence-corrected chi connectivity index (χ3v) is 2.99. The summed E-state index contributed by atoms with van der Waals surface area (Å²) in [7, 11) is 3.88. The van der Waals surface area contributed by atoms with E-state index in [1.54, 1.807) is 13.2 Å². The Morgan fingerprint density at radius 3 is 2.93 bits per heavy atom. The van der Waals surface area contributed by atoms with Crippen molar-refractivity contribution in [1.82, 2.24) is 9.88 Å². The maximum Gasteiger partial charge on any atom is 0.146 e. The van der Waals surface area contributed by atoms with Gasteiger partial charge in [-0.2, -0.15) is 0 Å². The molecule has 0 saturated carbocycles. The Morgan fingerprint density at radius 1 is 1.60 bits per heavy atom. The first-order valence-corrected chi connectivity index (χ1v) is 5.22. The van der Waals surface area contributed by atoms with Crippen LogP contribution in [-0.2, 0) is 6.42 Å². The predicted molar refractivity (Wildman–Crippen MR) is 58.5 cm³/mol. The number of nitrogens with one attached hydrogen (secondary N) is 1. The van der Waals surface area contributed by atoms with Crippen molar-refractivity contribution < 1.29 is 4.39 Å². The second-order valence-corrected chi connectivity index (χ2v) is 4.03. The topological polar surface area (TPSA) is 27.9 Å². The first kappa shape index (κ1) is 10.4. The highest BCUT2D eigenvalue weighted by Crippen LogP contribution is 2.24. The van der Waals surface area contributed by atoms with Crippen molar-refractivity contribution in [2.45, 2.75) is 18.9 Å². The molecular weight excluding hydrogens is 193 g/mol. The van der Waals surface area contributed by atoms with E-state index in [-0.39, 0.29) is 5.82 Å². The lowest BCUT2D eigenvalue weighted by molar-refractivity contribution is 0.567. The molecule has 1 aromatic rings. The van der Waals surface area contributed by atoms with Gasteiger partial charge < -0.3 is 10.2 Å². The molecule has 0 spiro atoms. The number of rotatable bonds is 4. The van der Waals surface area contributed by atoms with Crippen LogP contribution in [0.2, 0.25) is 0 Å². The van der Waals surface area contributed by atoms with Gasteiger partial charge in [-0.3, -0.25) is 4.98 Å². The molecule has 1 aliphatic rings. The highest BCUT2D eigenvalue weighted by Gasteiger charge is 2.29. The quantitative estimate of drug-likeness (QED) is 0.762. The molecule has 1 fully saturated rings. The highest BCUT2D eigenvalue weighted by molar-refractivity contribution is 5.49. The number of anilines is 1. The van der Waals surface area contributed by atoms with Gasteiger partial charge in [-0.25, -0.2) is 4.39 Å². The molecule has 0 aliphatic carbocycles. The zero-order valence-corrected chi connectivity index (χ0v) is 9.13. The van der Waals surface area contributed by atoms with Gasteiger partial charge in [-0.05, 0) is 19.9 Å². The lowest BCUT2D eigenvalue weighted by atomic mass is 10.1. The summed E-state index contributed by atoms with van der Waals surface area (Å²) in [5.41, 5.74) is 1.56. The first-order chi connectivity index (χ1) is 7.22. The normalized spacial score (nSPS) is 23.9. The number of likely N-dealkylation sites (N-methyl/N-ethyl adjacent to an activating group) is 1. The van der Waals surface area contributed by atoms with Gasteiger partial charge >= 0.3 is 0 Å². The van der Waals surface area contributed by atoms with Crippen molar-refractivity contribution in [1.29, 1.82) is 0 Å². The number of hydrogen-bond donors (Lipinski definition) is 1. The summed E-state index contributed by atoms with van der Waals surface area (Å²) < 4.78 is 13.5. The third kappa shape index (κ3) is 2.26. The lowest BCUT2D eigenvalue weighted by Gasteiger charge is -2.08. The van der Waals surface area contributed by atoms with E-state index < -0.39 is 0 Å². The molecule has 3 nitrogen and oxygen atoms in total. The molecule has 2 heterocycles. The number of hydrogen-bond acceptors (Lipinski definition) is 3. The van der Waals surface area contributed by atoms with Gasteiger partial charge in [0, 0.05) is 25.2 Å². The molecular formula is C11H16FN3. The molecule has 1 aromatic heterocycles. The second kappa shape index (κ2) is 4.14. The van der Waals surface area contributed by atoms with Crippen LogP contribution < -0.4 is 5.32 Å². The molecule has 0 bridgehead atoms. The van der Waals surface area contributed by atoms with Gasteiger partial charge in [-0.1, -0.05) is 0 Å². The monoisotopic (exact) mass is 209 g/mol. The Morgan fingerprint density at radius 2 is 2.33 bits per heavy atom. The van der Waals surface area contributed by atoms with Crippen LogP contribution in [0.3, 0.4) is 0 Å². The van der Waals surface area contributed by atoms with Crippen LogP contribution in [0, 0.1) is 5.82 Å². The fraction of sp³-hybridized carbons (Fsp3) is 0.545. The van der Waals surface area contributed by atoms with Crippen molar-refractivity contribution in [3.63, 3.8) is 0 Å². The van der Waals surface area contributed by atoms with Gasteiger partial charge in [0.05, 0.1) is 18.1 Å². The Balaban J connectivity index is 2.05. The SMILES string of the molecule is CNc1cncc(F)c1CCC1CN1C. The van der Waals surface area contributed by atoms with Crippen LogP contribution in [0.25, 0.3) is 0 Å². The number of aromatic nitrogens is 1. The fourth-order valence-corrected chi connectivity index (χ4v) is 1.84. The van der Waals surface area contributed by atoms with Gasteiger partial charge in [-0.15, -0.1) is 0 Å². The zero-order valence-electron chi connectivity index (χ0n) is 9.13. The minimum Gasteiger partial charge on any atom is -0.387 e. The summed E-state index contributed by atoms with van der Waals surface area (Å²) in [6, 6.07) is 0.641. The fourth-order valence-electron chi connectivity index (χ4n) is 1.84. The summed E-state index contributed by atoms with van der Waals surface area (Å²) >= 11 is 0. The Labute approximate surface area is 89.3 Å². The van der Waals surface area contributed by atoms with Crippen LogP contribution >= 0.6 is 0 Å². The van der Waals surface area contributed by atoms with Crippen LogP contribution in [0.15, 0.2) is 12.4 Å². The highest BCUT2D eigenvalue weighted by atomic mass is 19.1. The Bertz CT molecular complexity index is 354. The largest absolute Gasteiger partial charge is 0.387 e. The standard InChI is InChI=1S/C11H16FN3/c1-13-11-6-14-5-10(12)9(11)4-3-8-7-15(8)2/h5-6,8,13H,3-4,7H2,1-2H3. The van der Waals surface area contributed by atoms with Crippen molar-refractivity contribution in [2.24, 2.45) is 0 Å². The Hall–Kier alpha value is -1.16. The zero-order chi connectivity index (χ0) is 10.8.